The third-order valence-corrected chi connectivity index (χ3v) is 5.94. The molecule has 0 aliphatic rings. The minimum atomic E-state index is -1.18. The number of aromatic carboxylic acids is 1. The minimum absolute atomic E-state index is 0. The van der Waals surface area contributed by atoms with Crippen LogP contribution < -0.4 is 34.7 Å². The number of hydrogen-bond donors (Lipinski definition) is 0. The predicted octanol–water partition coefficient (Wildman–Crippen LogP) is 2.26. The van der Waals surface area contributed by atoms with Crippen LogP contribution in [0.1, 0.15) is 61.0 Å². The van der Waals surface area contributed by atoms with Gasteiger partial charge in [0.05, 0.1) is 12.4 Å². The quantitative estimate of drug-likeness (QED) is 0.408. The van der Waals surface area contributed by atoms with Gasteiger partial charge in [-0.3, -0.25) is 4.79 Å². The summed E-state index contributed by atoms with van der Waals surface area (Å²) in [4.78, 5) is 26.5. The van der Waals surface area contributed by atoms with Gasteiger partial charge in [0.2, 0.25) is 5.91 Å². The maximum Gasteiger partial charge on any atom is 1.00 e. The van der Waals surface area contributed by atoms with Gasteiger partial charge >= 0.3 is 29.6 Å². The molecule has 0 heterocycles. The molecule has 0 aliphatic carbocycles. The SMILES string of the molecule is CCCC(CCC)N(Cc1cccc(-c2ccc(C(=O)[O-])cc2)c1)C(=O)Cc1ccccc1.[Na+]. The molecule has 3 rings (SSSR count). The number of carboxylic acids is 1. The van der Waals surface area contributed by atoms with Gasteiger partial charge in [0, 0.05) is 12.6 Å². The van der Waals surface area contributed by atoms with Crippen molar-refractivity contribution < 1.29 is 44.3 Å². The van der Waals surface area contributed by atoms with E-state index in [0.29, 0.717) is 13.0 Å². The molecule has 3 aromatic rings. The Morgan fingerprint density at radius 2 is 1.41 bits per heavy atom. The summed E-state index contributed by atoms with van der Waals surface area (Å²) in [5, 5.41) is 11.0. The second kappa shape index (κ2) is 14.1. The van der Waals surface area contributed by atoms with Crippen molar-refractivity contribution in [2.75, 3.05) is 0 Å². The first kappa shape index (κ1) is 27.8. The zero-order chi connectivity index (χ0) is 23.6. The molecule has 5 heteroatoms. The van der Waals surface area contributed by atoms with Gasteiger partial charge < -0.3 is 14.8 Å². The van der Waals surface area contributed by atoms with E-state index in [1.165, 1.54) is 0 Å². The molecule has 0 N–H and O–H groups in total. The first-order chi connectivity index (χ1) is 16.0. The maximum absolute atomic E-state index is 13.4. The van der Waals surface area contributed by atoms with Gasteiger partial charge in [0.25, 0.3) is 0 Å². The first-order valence-corrected chi connectivity index (χ1v) is 11.8. The average molecular weight is 466 g/mol. The van der Waals surface area contributed by atoms with Crippen molar-refractivity contribution in [3.63, 3.8) is 0 Å². The largest absolute Gasteiger partial charge is 1.00 e. The number of nitrogens with zero attached hydrogens (tertiary/aromatic N) is 1. The minimum Gasteiger partial charge on any atom is -0.545 e. The smallest absolute Gasteiger partial charge is 0.545 e. The fourth-order valence-electron chi connectivity index (χ4n) is 4.26. The van der Waals surface area contributed by atoms with Crippen LogP contribution in [0.2, 0.25) is 0 Å². The molecule has 0 saturated carbocycles. The summed E-state index contributed by atoms with van der Waals surface area (Å²) in [6.07, 6.45) is 4.43. The number of hydrogen-bond acceptors (Lipinski definition) is 3. The van der Waals surface area contributed by atoms with E-state index >= 15 is 0 Å². The molecule has 3 aromatic carbocycles. The molecular weight excluding hydrogens is 433 g/mol. The second-order valence-electron chi connectivity index (χ2n) is 8.48. The second-order valence-corrected chi connectivity index (χ2v) is 8.48. The fraction of sp³-hybridized carbons (Fsp3) is 0.310. The van der Waals surface area contributed by atoms with E-state index < -0.39 is 5.97 Å². The molecule has 1 amide bonds. The molecule has 0 aliphatic heterocycles. The third kappa shape index (κ3) is 7.83. The van der Waals surface area contributed by atoms with E-state index in [9.17, 15) is 14.7 Å². The Labute approximate surface area is 225 Å². The Hall–Kier alpha value is -2.40. The van der Waals surface area contributed by atoms with Crippen molar-refractivity contribution >= 4 is 11.9 Å². The van der Waals surface area contributed by atoms with Crippen LogP contribution in [0.3, 0.4) is 0 Å². The van der Waals surface area contributed by atoms with Crippen LogP contribution in [0.15, 0.2) is 78.9 Å². The molecule has 0 unspecified atom stereocenters. The van der Waals surface area contributed by atoms with Gasteiger partial charge in [-0.25, -0.2) is 0 Å². The van der Waals surface area contributed by atoms with E-state index in [2.05, 4.69) is 30.9 Å². The van der Waals surface area contributed by atoms with Gasteiger partial charge in [0.1, 0.15) is 0 Å². The summed E-state index contributed by atoms with van der Waals surface area (Å²) in [7, 11) is 0. The van der Waals surface area contributed by atoms with Crippen molar-refractivity contribution in [3.8, 4) is 11.1 Å². The van der Waals surface area contributed by atoms with Crippen molar-refractivity contribution in [3.05, 3.63) is 95.6 Å². The maximum atomic E-state index is 13.4. The number of rotatable bonds is 11. The molecule has 0 atom stereocenters. The molecule has 0 fully saturated rings. The normalized spacial score (nSPS) is 10.6. The van der Waals surface area contributed by atoms with Gasteiger partial charge in [-0.1, -0.05) is 99.5 Å². The zero-order valence-electron chi connectivity index (χ0n) is 20.5. The van der Waals surface area contributed by atoms with Crippen molar-refractivity contribution in [1.82, 2.24) is 4.90 Å². The summed E-state index contributed by atoms with van der Waals surface area (Å²) in [5.74, 6) is -1.03. The number of amides is 1. The van der Waals surface area contributed by atoms with Gasteiger partial charge in [-0.15, -0.1) is 0 Å². The number of carboxylic acid groups (broad SMARTS) is 1. The molecule has 34 heavy (non-hydrogen) atoms. The van der Waals surface area contributed by atoms with Crippen LogP contribution in [0.4, 0.5) is 0 Å². The van der Waals surface area contributed by atoms with Crippen molar-refractivity contribution in [1.29, 1.82) is 0 Å². The molecule has 0 spiro atoms. The summed E-state index contributed by atoms with van der Waals surface area (Å²) >= 11 is 0. The molecule has 0 radical (unpaired) electrons. The Morgan fingerprint density at radius 3 is 2.00 bits per heavy atom. The number of carbonyl (C=O) groups excluding carboxylic acids is 2. The molecule has 0 aromatic heterocycles. The third-order valence-electron chi connectivity index (χ3n) is 5.94. The monoisotopic (exact) mass is 465 g/mol. The standard InChI is InChI=1S/C29H33NO3.Na/c1-3-9-27(10-4-2)30(28(31)20-22-11-6-5-7-12-22)21-23-13-8-14-26(19-23)24-15-17-25(18-16-24)29(32)33;/h5-8,11-19,27H,3-4,9-10,20-21H2,1-2H3,(H,32,33);/q;+1/p-1. The van der Waals surface area contributed by atoms with Crippen LogP contribution in [-0.2, 0) is 17.8 Å². The summed E-state index contributed by atoms with van der Waals surface area (Å²) in [6.45, 7) is 4.89. The van der Waals surface area contributed by atoms with Crippen LogP contribution in [-0.4, -0.2) is 22.8 Å². The van der Waals surface area contributed by atoms with Crippen LogP contribution >= 0.6 is 0 Å². The van der Waals surface area contributed by atoms with Gasteiger partial charge in [-0.05, 0) is 46.7 Å². The molecular formula is C29H32NNaO3. The van der Waals surface area contributed by atoms with E-state index in [-0.39, 0.29) is 47.1 Å². The van der Waals surface area contributed by atoms with E-state index in [1.807, 2.05) is 42.5 Å². The summed E-state index contributed by atoms with van der Waals surface area (Å²) in [5.41, 5.74) is 4.18. The molecule has 172 valence electrons. The Balaban J connectivity index is 0.00000408. The van der Waals surface area contributed by atoms with Crippen LogP contribution in [0, 0.1) is 0 Å². The summed E-state index contributed by atoms with van der Waals surface area (Å²) in [6, 6.07) is 25.0. The zero-order valence-corrected chi connectivity index (χ0v) is 22.5. The number of carbonyl (C=O) groups is 2. The Bertz CT molecular complexity index is 1040. The number of benzene rings is 3. The molecule has 0 saturated heterocycles. The molecule has 4 nitrogen and oxygen atoms in total. The Kier molecular flexibility index (Phi) is 11.5. The van der Waals surface area contributed by atoms with E-state index in [1.54, 1.807) is 24.3 Å². The van der Waals surface area contributed by atoms with Crippen molar-refractivity contribution in [2.24, 2.45) is 0 Å². The molecule has 0 bridgehead atoms. The summed E-state index contributed by atoms with van der Waals surface area (Å²) < 4.78 is 0. The predicted molar refractivity (Wildman–Crippen MR) is 131 cm³/mol. The van der Waals surface area contributed by atoms with Gasteiger partial charge in [-0.2, -0.15) is 0 Å². The van der Waals surface area contributed by atoms with Crippen molar-refractivity contribution in [2.45, 2.75) is 58.5 Å². The van der Waals surface area contributed by atoms with Crippen LogP contribution in [0.25, 0.3) is 11.1 Å². The topological polar surface area (TPSA) is 60.4 Å². The Morgan fingerprint density at radius 1 is 0.794 bits per heavy atom. The van der Waals surface area contributed by atoms with Gasteiger partial charge in [0.15, 0.2) is 0 Å². The fourth-order valence-corrected chi connectivity index (χ4v) is 4.26. The first-order valence-electron chi connectivity index (χ1n) is 11.8. The van der Waals surface area contributed by atoms with E-state index in [0.717, 1.165) is 47.9 Å². The average Bonchev–Trinajstić information content (AvgIpc) is 2.83. The van der Waals surface area contributed by atoms with Crippen LogP contribution in [0.5, 0.6) is 0 Å². The van der Waals surface area contributed by atoms with E-state index in [4.69, 9.17) is 0 Å².